The first-order chi connectivity index (χ1) is 11.5. The Hall–Kier alpha value is -1.64. The molecule has 2 aliphatic carbocycles. The molecule has 3 N–H and O–H groups in total. The number of nitrogens with one attached hydrogen (secondary N) is 3. The van der Waals surface area contributed by atoms with Gasteiger partial charge in [0.2, 0.25) is 15.9 Å². The Kier molecular flexibility index (Phi) is 5.07. The van der Waals surface area contributed by atoms with Gasteiger partial charge in [-0.15, -0.1) is 0 Å². The smallest absolute Gasteiger partial charge is 0.240 e. The predicted octanol–water partition coefficient (Wildman–Crippen LogP) is 1.07. The lowest BCUT2D eigenvalue weighted by Gasteiger charge is -2.13. The van der Waals surface area contributed by atoms with E-state index in [0.29, 0.717) is 17.4 Å². The van der Waals surface area contributed by atoms with Crippen molar-refractivity contribution in [2.45, 2.75) is 36.6 Å². The molecule has 0 aromatic heterocycles. The van der Waals surface area contributed by atoms with Crippen molar-refractivity contribution in [2.75, 3.05) is 25.5 Å². The maximum absolute atomic E-state index is 12.3. The summed E-state index contributed by atoms with van der Waals surface area (Å²) >= 11 is 0. The van der Waals surface area contributed by atoms with Gasteiger partial charge in [0.05, 0.1) is 24.2 Å². The number of hydrogen-bond donors (Lipinski definition) is 3. The number of ether oxygens (including phenoxy) is 1. The summed E-state index contributed by atoms with van der Waals surface area (Å²) in [6.07, 6.45) is 4.17. The molecule has 132 valence electrons. The summed E-state index contributed by atoms with van der Waals surface area (Å²) in [5.41, 5.74) is 0.356. The Bertz CT molecular complexity index is 712. The van der Waals surface area contributed by atoms with E-state index in [0.717, 1.165) is 19.4 Å². The lowest BCUT2D eigenvalue weighted by molar-refractivity contribution is -0.115. The molecule has 0 atom stereocenters. The lowest BCUT2D eigenvalue weighted by atomic mass is 10.3. The molecular formula is C16H23N3O4S. The molecule has 1 aromatic carbocycles. The molecule has 2 aliphatic rings. The third kappa shape index (κ3) is 4.68. The van der Waals surface area contributed by atoms with Crippen molar-refractivity contribution in [3.63, 3.8) is 0 Å². The Morgan fingerprint density at radius 1 is 1.25 bits per heavy atom. The third-order valence-corrected chi connectivity index (χ3v) is 5.59. The van der Waals surface area contributed by atoms with E-state index in [9.17, 15) is 13.2 Å². The maximum Gasteiger partial charge on any atom is 0.240 e. The minimum Gasteiger partial charge on any atom is -0.495 e. The van der Waals surface area contributed by atoms with Crippen LogP contribution in [-0.2, 0) is 14.8 Å². The summed E-state index contributed by atoms with van der Waals surface area (Å²) in [4.78, 5) is 12.2. The van der Waals surface area contributed by atoms with Crippen LogP contribution in [-0.4, -0.2) is 40.6 Å². The Morgan fingerprint density at radius 2 is 2.00 bits per heavy atom. The fourth-order valence-corrected chi connectivity index (χ4v) is 3.68. The molecule has 0 spiro atoms. The topological polar surface area (TPSA) is 96.5 Å². The number of hydrogen-bond acceptors (Lipinski definition) is 5. The molecule has 1 amide bonds. The van der Waals surface area contributed by atoms with E-state index < -0.39 is 10.0 Å². The zero-order valence-corrected chi connectivity index (χ0v) is 14.5. The molecule has 0 heterocycles. The number of sulfonamides is 1. The van der Waals surface area contributed by atoms with Gasteiger partial charge in [0.25, 0.3) is 0 Å². The molecule has 0 unspecified atom stereocenters. The van der Waals surface area contributed by atoms with Crippen molar-refractivity contribution in [1.29, 1.82) is 0 Å². The second-order valence-electron chi connectivity index (χ2n) is 6.38. The van der Waals surface area contributed by atoms with E-state index in [1.807, 2.05) is 0 Å². The van der Waals surface area contributed by atoms with Crippen molar-refractivity contribution in [3.8, 4) is 5.75 Å². The monoisotopic (exact) mass is 353 g/mol. The first-order valence-electron chi connectivity index (χ1n) is 8.19. The van der Waals surface area contributed by atoms with E-state index >= 15 is 0 Å². The van der Waals surface area contributed by atoms with E-state index in [-0.39, 0.29) is 23.4 Å². The van der Waals surface area contributed by atoms with Crippen molar-refractivity contribution >= 4 is 21.6 Å². The van der Waals surface area contributed by atoms with Crippen LogP contribution in [0.15, 0.2) is 23.1 Å². The molecule has 0 aliphatic heterocycles. The average Bonchev–Trinajstić information content (AvgIpc) is 3.43. The van der Waals surface area contributed by atoms with Crippen LogP contribution in [0.25, 0.3) is 0 Å². The molecule has 24 heavy (non-hydrogen) atoms. The van der Waals surface area contributed by atoms with Crippen LogP contribution in [0.5, 0.6) is 5.75 Å². The molecule has 8 heteroatoms. The molecule has 3 rings (SSSR count). The van der Waals surface area contributed by atoms with Crippen LogP contribution in [0.4, 0.5) is 5.69 Å². The van der Waals surface area contributed by atoms with Gasteiger partial charge >= 0.3 is 0 Å². The number of anilines is 1. The Balaban J connectivity index is 1.67. The van der Waals surface area contributed by atoms with Crippen LogP contribution in [0.3, 0.4) is 0 Å². The average molecular weight is 353 g/mol. The Labute approximate surface area is 142 Å². The third-order valence-electron chi connectivity index (χ3n) is 4.07. The summed E-state index contributed by atoms with van der Waals surface area (Å²) in [5, 5.41) is 5.82. The van der Waals surface area contributed by atoms with Gasteiger partial charge in [0.1, 0.15) is 5.75 Å². The fraction of sp³-hybridized carbons (Fsp3) is 0.562. The Morgan fingerprint density at radius 3 is 2.62 bits per heavy atom. The number of amides is 1. The molecule has 0 radical (unpaired) electrons. The molecule has 2 saturated carbocycles. The highest BCUT2D eigenvalue weighted by atomic mass is 32.2. The zero-order valence-electron chi connectivity index (χ0n) is 13.7. The molecule has 2 fully saturated rings. The lowest BCUT2D eigenvalue weighted by Crippen LogP contribution is -2.30. The summed E-state index contributed by atoms with van der Waals surface area (Å²) in [6, 6.07) is 4.49. The molecular weight excluding hydrogens is 330 g/mol. The van der Waals surface area contributed by atoms with Crippen LogP contribution < -0.4 is 20.1 Å². The number of benzene rings is 1. The highest BCUT2D eigenvalue weighted by molar-refractivity contribution is 7.89. The summed E-state index contributed by atoms with van der Waals surface area (Å²) in [7, 11) is -2.09. The SMILES string of the molecule is COc1ccc(S(=O)(=O)NC2CC2)cc1NC(=O)CNCC1CC1. The summed E-state index contributed by atoms with van der Waals surface area (Å²) < 4.78 is 32.4. The quantitative estimate of drug-likeness (QED) is 0.617. The van der Waals surface area contributed by atoms with E-state index in [1.54, 1.807) is 6.07 Å². The standard InChI is InChI=1S/C16H23N3O4S/c1-23-15-7-6-13(24(21,22)19-12-4-5-12)8-14(15)18-16(20)10-17-9-11-2-3-11/h6-8,11-12,17,19H,2-5,9-10H2,1H3,(H,18,20). The van der Waals surface area contributed by atoms with Gasteiger partial charge < -0.3 is 15.4 Å². The number of methoxy groups -OCH3 is 1. The van der Waals surface area contributed by atoms with Crippen LogP contribution in [0.2, 0.25) is 0 Å². The van der Waals surface area contributed by atoms with Crippen LogP contribution in [0.1, 0.15) is 25.7 Å². The first-order valence-corrected chi connectivity index (χ1v) is 9.67. The van der Waals surface area contributed by atoms with E-state index in [4.69, 9.17) is 4.74 Å². The largest absolute Gasteiger partial charge is 0.495 e. The minimum absolute atomic E-state index is 0.0294. The highest BCUT2D eigenvalue weighted by Gasteiger charge is 2.28. The predicted molar refractivity (Wildman–Crippen MR) is 90.6 cm³/mol. The summed E-state index contributed by atoms with van der Waals surface area (Å²) in [5.74, 6) is 0.892. The fourth-order valence-electron chi connectivity index (χ4n) is 2.35. The normalized spacial score (nSPS) is 17.5. The number of rotatable bonds is 9. The van der Waals surface area contributed by atoms with Gasteiger partial charge in [-0.2, -0.15) is 0 Å². The number of carbonyl (C=O) groups is 1. The molecule has 0 saturated heterocycles. The number of carbonyl (C=O) groups excluding carboxylic acids is 1. The highest BCUT2D eigenvalue weighted by Crippen LogP contribution is 2.29. The molecule has 0 bridgehead atoms. The van der Waals surface area contributed by atoms with Crippen LogP contribution in [0, 0.1) is 5.92 Å². The van der Waals surface area contributed by atoms with Crippen molar-refractivity contribution in [1.82, 2.24) is 10.0 Å². The van der Waals surface area contributed by atoms with Gasteiger partial charge in [0, 0.05) is 6.04 Å². The second kappa shape index (κ2) is 7.08. The van der Waals surface area contributed by atoms with Gasteiger partial charge in [-0.3, -0.25) is 4.79 Å². The second-order valence-corrected chi connectivity index (χ2v) is 8.09. The van der Waals surface area contributed by atoms with Crippen LogP contribution >= 0.6 is 0 Å². The van der Waals surface area contributed by atoms with Crippen molar-refractivity contribution < 1.29 is 17.9 Å². The minimum atomic E-state index is -3.57. The van der Waals surface area contributed by atoms with Gasteiger partial charge in [0.15, 0.2) is 0 Å². The maximum atomic E-state index is 12.3. The first kappa shape index (κ1) is 17.2. The van der Waals surface area contributed by atoms with Crippen molar-refractivity contribution in [2.24, 2.45) is 5.92 Å². The molecule has 1 aromatic rings. The van der Waals surface area contributed by atoms with Gasteiger partial charge in [-0.05, 0) is 56.3 Å². The zero-order chi connectivity index (χ0) is 17.2. The van der Waals surface area contributed by atoms with Crippen molar-refractivity contribution in [3.05, 3.63) is 18.2 Å². The van der Waals surface area contributed by atoms with Gasteiger partial charge in [-0.25, -0.2) is 13.1 Å². The van der Waals surface area contributed by atoms with E-state index in [2.05, 4.69) is 15.4 Å². The molecule has 7 nitrogen and oxygen atoms in total. The van der Waals surface area contributed by atoms with Gasteiger partial charge in [-0.1, -0.05) is 0 Å². The summed E-state index contributed by atoms with van der Waals surface area (Å²) in [6.45, 7) is 1.03. The van der Waals surface area contributed by atoms with E-state index in [1.165, 1.54) is 32.1 Å².